The van der Waals surface area contributed by atoms with Crippen LogP contribution in [-0.2, 0) is 16.6 Å². The summed E-state index contributed by atoms with van der Waals surface area (Å²) in [7, 11) is -3.31. The quantitative estimate of drug-likeness (QED) is 0.871. The molecule has 1 heterocycles. The van der Waals surface area contributed by atoms with Gasteiger partial charge < -0.3 is 4.90 Å². The van der Waals surface area contributed by atoms with Crippen molar-refractivity contribution >= 4 is 33.0 Å². The first kappa shape index (κ1) is 16.0. The van der Waals surface area contributed by atoms with Gasteiger partial charge in [-0.3, -0.25) is 9.52 Å². The SMILES string of the molecule is CS(=O)(=O)Nc1ccc(C(=O)N(Cc2cccs2)C2CC2)cc1. The minimum Gasteiger partial charge on any atom is -0.331 e. The number of anilines is 1. The van der Waals surface area contributed by atoms with Crippen molar-refractivity contribution in [2.24, 2.45) is 0 Å². The van der Waals surface area contributed by atoms with Crippen LogP contribution < -0.4 is 4.72 Å². The summed E-state index contributed by atoms with van der Waals surface area (Å²) < 4.78 is 24.8. The summed E-state index contributed by atoms with van der Waals surface area (Å²) in [5, 5.41) is 2.01. The lowest BCUT2D eigenvalue weighted by molar-refractivity contribution is 0.0731. The highest BCUT2D eigenvalue weighted by molar-refractivity contribution is 7.92. The Morgan fingerprint density at radius 2 is 1.96 bits per heavy atom. The van der Waals surface area contributed by atoms with Crippen molar-refractivity contribution in [2.75, 3.05) is 11.0 Å². The maximum absolute atomic E-state index is 12.7. The molecule has 0 bridgehead atoms. The van der Waals surface area contributed by atoms with Gasteiger partial charge in [0.15, 0.2) is 0 Å². The van der Waals surface area contributed by atoms with Gasteiger partial charge in [-0.15, -0.1) is 11.3 Å². The fourth-order valence-corrected chi connectivity index (χ4v) is 3.65. The van der Waals surface area contributed by atoms with E-state index in [2.05, 4.69) is 4.72 Å². The largest absolute Gasteiger partial charge is 0.331 e. The molecule has 1 saturated carbocycles. The Labute approximate surface area is 140 Å². The normalized spacial score (nSPS) is 14.5. The maximum atomic E-state index is 12.7. The van der Waals surface area contributed by atoms with Crippen molar-refractivity contribution in [2.45, 2.75) is 25.4 Å². The topological polar surface area (TPSA) is 66.5 Å². The van der Waals surface area contributed by atoms with Crippen LogP contribution in [0.4, 0.5) is 5.69 Å². The molecule has 0 radical (unpaired) electrons. The number of rotatable bonds is 6. The smallest absolute Gasteiger partial charge is 0.254 e. The first-order chi connectivity index (χ1) is 10.9. The van der Waals surface area contributed by atoms with E-state index in [-0.39, 0.29) is 5.91 Å². The first-order valence-corrected chi connectivity index (χ1v) is 10.1. The van der Waals surface area contributed by atoms with Crippen LogP contribution in [0, 0.1) is 0 Å². The second-order valence-corrected chi connectivity index (χ2v) is 8.48. The van der Waals surface area contributed by atoms with E-state index in [1.165, 1.54) is 4.88 Å². The van der Waals surface area contributed by atoms with Gasteiger partial charge in [0, 0.05) is 22.2 Å². The Morgan fingerprint density at radius 3 is 2.48 bits per heavy atom. The number of benzene rings is 1. The number of hydrogen-bond donors (Lipinski definition) is 1. The van der Waals surface area contributed by atoms with Crippen LogP contribution in [0.25, 0.3) is 0 Å². The van der Waals surface area contributed by atoms with Gasteiger partial charge in [0.2, 0.25) is 10.0 Å². The Balaban J connectivity index is 1.75. The van der Waals surface area contributed by atoms with Crippen LogP contribution in [0.2, 0.25) is 0 Å². The van der Waals surface area contributed by atoms with Gasteiger partial charge in [-0.05, 0) is 48.6 Å². The number of nitrogens with one attached hydrogen (secondary N) is 1. The van der Waals surface area contributed by atoms with Crippen molar-refractivity contribution in [1.82, 2.24) is 4.90 Å². The Morgan fingerprint density at radius 1 is 1.26 bits per heavy atom. The second-order valence-electron chi connectivity index (χ2n) is 5.70. The Hall–Kier alpha value is -1.86. The lowest BCUT2D eigenvalue weighted by atomic mass is 10.1. The summed E-state index contributed by atoms with van der Waals surface area (Å²) in [6, 6.07) is 10.9. The molecule has 0 aliphatic heterocycles. The highest BCUT2D eigenvalue weighted by Crippen LogP contribution is 2.30. The zero-order valence-corrected chi connectivity index (χ0v) is 14.4. The summed E-state index contributed by atoms with van der Waals surface area (Å²) in [5.74, 6) is -0.00759. The molecule has 0 saturated heterocycles. The van der Waals surface area contributed by atoms with Crippen molar-refractivity contribution < 1.29 is 13.2 Å². The predicted molar refractivity (Wildman–Crippen MR) is 92.1 cm³/mol. The van der Waals surface area contributed by atoms with Gasteiger partial charge in [0.05, 0.1) is 12.8 Å². The average Bonchev–Trinajstić information content (AvgIpc) is 3.20. The molecule has 1 aromatic carbocycles. The number of nitrogens with zero attached hydrogens (tertiary/aromatic N) is 1. The molecule has 122 valence electrons. The second kappa shape index (κ2) is 6.33. The van der Waals surface area contributed by atoms with Gasteiger partial charge in [-0.1, -0.05) is 6.07 Å². The third-order valence-corrected chi connectivity index (χ3v) is 5.06. The number of carbonyl (C=O) groups is 1. The van der Waals surface area contributed by atoms with E-state index in [9.17, 15) is 13.2 Å². The zero-order chi connectivity index (χ0) is 16.4. The minimum atomic E-state index is -3.31. The number of carbonyl (C=O) groups excluding carboxylic acids is 1. The number of sulfonamides is 1. The van der Waals surface area contributed by atoms with Gasteiger partial charge in [0.25, 0.3) is 5.91 Å². The van der Waals surface area contributed by atoms with Crippen LogP contribution in [0.1, 0.15) is 28.1 Å². The predicted octanol–water partition coefficient (Wildman–Crippen LogP) is 2.92. The summed E-state index contributed by atoms with van der Waals surface area (Å²) in [6.07, 6.45) is 3.19. The molecule has 1 amide bonds. The Kier molecular flexibility index (Phi) is 4.41. The van der Waals surface area contributed by atoms with E-state index in [1.807, 2.05) is 22.4 Å². The van der Waals surface area contributed by atoms with Crippen molar-refractivity contribution in [1.29, 1.82) is 0 Å². The molecule has 3 rings (SSSR count). The van der Waals surface area contributed by atoms with Crippen LogP contribution >= 0.6 is 11.3 Å². The molecule has 1 N–H and O–H groups in total. The number of hydrogen-bond acceptors (Lipinski definition) is 4. The highest BCUT2D eigenvalue weighted by atomic mass is 32.2. The van der Waals surface area contributed by atoms with Crippen LogP contribution in [0.15, 0.2) is 41.8 Å². The monoisotopic (exact) mass is 350 g/mol. The third kappa shape index (κ3) is 4.33. The molecular formula is C16H18N2O3S2. The highest BCUT2D eigenvalue weighted by Gasteiger charge is 2.33. The molecule has 2 aromatic rings. The summed E-state index contributed by atoms with van der Waals surface area (Å²) in [4.78, 5) is 15.8. The molecule has 1 aromatic heterocycles. The summed E-state index contributed by atoms with van der Waals surface area (Å²) in [6.45, 7) is 0.629. The van der Waals surface area contributed by atoms with E-state index in [0.29, 0.717) is 23.8 Å². The van der Waals surface area contributed by atoms with Gasteiger partial charge in [-0.2, -0.15) is 0 Å². The van der Waals surface area contributed by atoms with E-state index < -0.39 is 10.0 Å². The lowest BCUT2D eigenvalue weighted by Gasteiger charge is -2.22. The number of thiophene rings is 1. The average molecular weight is 350 g/mol. The van der Waals surface area contributed by atoms with Gasteiger partial charge in [0.1, 0.15) is 0 Å². The van der Waals surface area contributed by atoms with Crippen LogP contribution in [0.3, 0.4) is 0 Å². The van der Waals surface area contributed by atoms with E-state index in [1.54, 1.807) is 35.6 Å². The molecule has 23 heavy (non-hydrogen) atoms. The van der Waals surface area contributed by atoms with E-state index in [4.69, 9.17) is 0 Å². The van der Waals surface area contributed by atoms with Gasteiger partial charge in [-0.25, -0.2) is 8.42 Å². The molecule has 1 aliphatic carbocycles. The molecule has 0 spiro atoms. The van der Waals surface area contributed by atoms with Crippen LogP contribution in [-0.4, -0.2) is 31.5 Å². The molecule has 0 unspecified atom stereocenters. The molecular weight excluding hydrogens is 332 g/mol. The standard InChI is InChI=1S/C16H18N2O3S2/c1-23(20,21)17-13-6-4-12(5-7-13)16(19)18(14-8-9-14)11-15-3-2-10-22-15/h2-7,10,14,17H,8-9,11H2,1H3. The minimum absolute atomic E-state index is 0.00759. The first-order valence-electron chi connectivity index (χ1n) is 7.33. The fourth-order valence-electron chi connectivity index (χ4n) is 2.38. The molecule has 1 fully saturated rings. The fraction of sp³-hybridized carbons (Fsp3) is 0.312. The zero-order valence-electron chi connectivity index (χ0n) is 12.7. The molecule has 5 nitrogen and oxygen atoms in total. The van der Waals surface area contributed by atoms with E-state index in [0.717, 1.165) is 19.1 Å². The third-order valence-electron chi connectivity index (χ3n) is 3.59. The molecule has 1 aliphatic rings. The van der Waals surface area contributed by atoms with Crippen molar-refractivity contribution in [3.8, 4) is 0 Å². The number of amides is 1. The van der Waals surface area contributed by atoms with Crippen molar-refractivity contribution in [3.63, 3.8) is 0 Å². The van der Waals surface area contributed by atoms with E-state index >= 15 is 0 Å². The van der Waals surface area contributed by atoms with Gasteiger partial charge >= 0.3 is 0 Å². The summed E-state index contributed by atoms with van der Waals surface area (Å²) >= 11 is 1.65. The Bertz CT molecular complexity index is 779. The molecule has 0 atom stereocenters. The lowest BCUT2D eigenvalue weighted by Crippen LogP contribution is -2.32. The van der Waals surface area contributed by atoms with Crippen molar-refractivity contribution in [3.05, 3.63) is 52.2 Å². The van der Waals surface area contributed by atoms with Crippen LogP contribution in [0.5, 0.6) is 0 Å². The molecule has 7 heteroatoms. The maximum Gasteiger partial charge on any atom is 0.254 e. The summed E-state index contributed by atoms with van der Waals surface area (Å²) in [5.41, 5.74) is 1.03.